The number of aliphatic carboxylic acids is 1. The molecular formula is C8H6ClF3O4. The Morgan fingerprint density at radius 3 is 2.31 bits per heavy atom. The van der Waals surface area contributed by atoms with E-state index in [9.17, 15) is 23.1 Å². The minimum Gasteiger partial charge on any atom is -0.481 e. The number of halogens is 4. The number of aliphatic hydroxyl groups is 1. The van der Waals surface area contributed by atoms with Crippen LogP contribution in [0.25, 0.3) is 0 Å². The van der Waals surface area contributed by atoms with Crippen LogP contribution in [0.4, 0.5) is 13.2 Å². The third-order valence-corrected chi connectivity index (χ3v) is 2.06. The maximum Gasteiger partial charge on any atom is 0.425 e. The topological polar surface area (TPSA) is 70.7 Å². The first-order valence-corrected chi connectivity index (χ1v) is 4.31. The van der Waals surface area contributed by atoms with Gasteiger partial charge in [0.25, 0.3) is 0 Å². The van der Waals surface area contributed by atoms with E-state index < -0.39 is 29.9 Å². The van der Waals surface area contributed by atoms with E-state index in [1.807, 2.05) is 0 Å². The van der Waals surface area contributed by atoms with E-state index in [4.69, 9.17) is 16.7 Å². The van der Waals surface area contributed by atoms with Crippen LogP contribution < -0.4 is 0 Å². The standard InChI is InChI=1S/C8H6ClF3O4/c9-5-2-1-4(16-5)7(15,3-6(13)14)8(10,11)12/h1-2,15H,3H2,(H,13,14). The summed E-state index contributed by atoms with van der Waals surface area (Å²) in [6.45, 7) is 0. The molecule has 0 amide bonds. The van der Waals surface area contributed by atoms with E-state index in [0.717, 1.165) is 12.1 Å². The zero-order valence-electron chi connectivity index (χ0n) is 7.58. The summed E-state index contributed by atoms with van der Waals surface area (Å²) in [6, 6.07) is 1.76. The predicted molar refractivity (Wildman–Crippen MR) is 45.9 cm³/mol. The Bertz CT molecular complexity index is 400. The van der Waals surface area contributed by atoms with Gasteiger partial charge in [0.2, 0.25) is 5.60 Å². The predicted octanol–water partition coefficient (Wildman–Crippen LogP) is 2.16. The molecular weight excluding hydrogens is 253 g/mol. The highest BCUT2D eigenvalue weighted by Gasteiger charge is 2.58. The van der Waals surface area contributed by atoms with E-state index in [1.54, 1.807) is 0 Å². The van der Waals surface area contributed by atoms with E-state index in [-0.39, 0.29) is 5.22 Å². The van der Waals surface area contributed by atoms with Crippen molar-refractivity contribution in [3.63, 3.8) is 0 Å². The molecule has 8 heteroatoms. The highest BCUT2D eigenvalue weighted by Crippen LogP contribution is 2.42. The Morgan fingerprint density at radius 1 is 1.44 bits per heavy atom. The van der Waals surface area contributed by atoms with Crippen LogP contribution in [-0.4, -0.2) is 22.4 Å². The van der Waals surface area contributed by atoms with Crippen LogP contribution in [0, 0.1) is 0 Å². The normalized spacial score (nSPS) is 15.8. The van der Waals surface area contributed by atoms with Gasteiger partial charge in [0.05, 0.1) is 6.42 Å². The van der Waals surface area contributed by atoms with Gasteiger partial charge in [-0.3, -0.25) is 4.79 Å². The van der Waals surface area contributed by atoms with Crippen molar-refractivity contribution in [2.45, 2.75) is 18.2 Å². The summed E-state index contributed by atoms with van der Waals surface area (Å²) < 4.78 is 42.0. The van der Waals surface area contributed by atoms with Crippen molar-refractivity contribution in [1.82, 2.24) is 0 Å². The molecule has 1 heterocycles. The average molecular weight is 259 g/mol. The Morgan fingerprint density at radius 2 is 2.00 bits per heavy atom. The summed E-state index contributed by atoms with van der Waals surface area (Å²) in [7, 11) is 0. The van der Waals surface area contributed by atoms with Gasteiger partial charge in [-0.2, -0.15) is 13.2 Å². The van der Waals surface area contributed by atoms with E-state index >= 15 is 0 Å². The maximum atomic E-state index is 12.5. The average Bonchev–Trinajstić information content (AvgIpc) is 2.48. The summed E-state index contributed by atoms with van der Waals surface area (Å²) in [5, 5.41) is 17.3. The third kappa shape index (κ3) is 2.30. The molecule has 0 spiro atoms. The van der Waals surface area contributed by atoms with Crippen molar-refractivity contribution >= 4 is 17.6 Å². The van der Waals surface area contributed by atoms with Gasteiger partial charge in [-0.1, -0.05) is 0 Å². The Kier molecular flexibility index (Phi) is 3.20. The van der Waals surface area contributed by atoms with Gasteiger partial charge in [0, 0.05) is 0 Å². The van der Waals surface area contributed by atoms with Crippen molar-refractivity contribution in [2.24, 2.45) is 0 Å². The molecule has 0 aliphatic carbocycles. The molecule has 0 saturated carbocycles. The SMILES string of the molecule is O=C(O)CC(O)(c1ccc(Cl)o1)C(F)(F)F. The first-order valence-electron chi connectivity index (χ1n) is 3.93. The monoisotopic (exact) mass is 258 g/mol. The minimum atomic E-state index is -5.17. The number of carbonyl (C=O) groups is 1. The molecule has 0 aromatic carbocycles. The van der Waals surface area contributed by atoms with Crippen molar-refractivity contribution in [1.29, 1.82) is 0 Å². The minimum absolute atomic E-state index is 0.372. The van der Waals surface area contributed by atoms with Crippen molar-refractivity contribution < 1.29 is 32.6 Å². The molecule has 1 rings (SSSR count). The fraction of sp³-hybridized carbons (Fsp3) is 0.375. The van der Waals surface area contributed by atoms with Crippen molar-refractivity contribution in [3.05, 3.63) is 23.1 Å². The van der Waals surface area contributed by atoms with Crippen molar-refractivity contribution in [3.8, 4) is 0 Å². The second-order valence-electron chi connectivity index (χ2n) is 3.03. The number of rotatable bonds is 3. The van der Waals surface area contributed by atoms with Gasteiger partial charge < -0.3 is 14.6 Å². The summed E-state index contributed by atoms with van der Waals surface area (Å²) in [4.78, 5) is 10.3. The largest absolute Gasteiger partial charge is 0.481 e. The molecule has 0 aliphatic rings. The van der Waals surface area contributed by atoms with Gasteiger partial charge in [-0.25, -0.2) is 0 Å². The number of hydrogen-bond acceptors (Lipinski definition) is 3. The van der Waals surface area contributed by atoms with Crippen LogP contribution in [0.15, 0.2) is 16.5 Å². The van der Waals surface area contributed by atoms with Crippen LogP contribution in [-0.2, 0) is 10.4 Å². The second kappa shape index (κ2) is 3.99. The zero-order chi connectivity index (χ0) is 12.6. The van der Waals surface area contributed by atoms with Crippen LogP contribution in [0.5, 0.6) is 0 Å². The molecule has 0 aliphatic heterocycles. The summed E-state index contributed by atoms with van der Waals surface area (Å²) >= 11 is 5.26. The molecule has 4 nitrogen and oxygen atoms in total. The summed E-state index contributed by atoms with van der Waals surface area (Å²) in [5.74, 6) is -2.76. The van der Waals surface area contributed by atoms with E-state index in [0.29, 0.717) is 0 Å². The van der Waals surface area contributed by atoms with Gasteiger partial charge in [-0.15, -0.1) is 0 Å². The molecule has 1 atom stereocenters. The highest BCUT2D eigenvalue weighted by molar-refractivity contribution is 6.28. The first-order chi connectivity index (χ1) is 7.17. The molecule has 90 valence electrons. The summed E-state index contributed by atoms with van der Waals surface area (Å²) in [5.41, 5.74) is -3.58. The zero-order valence-corrected chi connectivity index (χ0v) is 8.34. The Hall–Kier alpha value is -1.21. The van der Waals surface area contributed by atoms with Gasteiger partial charge in [0.1, 0.15) is 5.76 Å². The van der Waals surface area contributed by atoms with Crippen molar-refractivity contribution in [2.75, 3.05) is 0 Å². The van der Waals surface area contributed by atoms with Crippen LogP contribution >= 0.6 is 11.6 Å². The second-order valence-corrected chi connectivity index (χ2v) is 3.40. The molecule has 0 saturated heterocycles. The Labute approximate surface area is 92.2 Å². The Balaban J connectivity index is 3.19. The number of alkyl halides is 3. The molecule has 0 radical (unpaired) electrons. The number of hydrogen-bond donors (Lipinski definition) is 2. The van der Waals surface area contributed by atoms with Gasteiger partial charge in [0.15, 0.2) is 5.22 Å². The molecule has 2 N–H and O–H groups in total. The number of furan rings is 1. The molecule has 1 aromatic rings. The summed E-state index contributed by atoms with van der Waals surface area (Å²) in [6.07, 6.45) is -6.73. The third-order valence-electron chi connectivity index (χ3n) is 1.86. The highest BCUT2D eigenvalue weighted by atomic mass is 35.5. The lowest BCUT2D eigenvalue weighted by Gasteiger charge is -2.26. The lowest BCUT2D eigenvalue weighted by molar-refractivity contribution is -0.274. The van der Waals surface area contributed by atoms with Crippen LogP contribution in [0.1, 0.15) is 12.2 Å². The molecule has 0 fully saturated rings. The maximum absolute atomic E-state index is 12.5. The van der Waals surface area contributed by atoms with Gasteiger partial charge >= 0.3 is 12.1 Å². The smallest absolute Gasteiger partial charge is 0.425 e. The number of carboxylic acid groups (broad SMARTS) is 1. The molecule has 1 aromatic heterocycles. The lowest BCUT2D eigenvalue weighted by atomic mass is 9.96. The fourth-order valence-corrected chi connectivity index (χ4v) is 1.23. The lowest BCUT2D eigenvalue weighted by Crippen LogP contribution is -2.43. The van der Waals surface area contributed by atoms with Gasteiger partial charge in [-0.05, 0) is 23.7 Å². The fourth-order valence-electron chi connectivity index (χ4n) is 1.08. The quantitative estimate of drug-likeness (QED) is 0.871. The molecule has 0 bridgehead atoms. The first kappa shape index (κ1) is 12.9. The molecule has 16 heavy (non-hydrogen) atoms. The van der Waals surface area contributed by atoms with E-state index in [1.165, 1.54) is 0 Å². The van der Waals surface area contributed by atoms with E-state index in [2.05, 4.69) is 4.42 Å². The van der Waals surface area contributed by atoms with Crippen LogP contribution in [0.3, 0.4) is 0 Å². The van der Waals surface area contributed by atoms with Crippen LogP contribution in [0.2, 0.25) is 5.22 Å². The number of carboxylic acids is 1. The molecule has 1 unspecified atom stereocenters.